The van der Waals surface area contributed by atoms with Crippen LogP contribution in [0.4, 0.5) is 0 Å². The molecule has 0 radical (unpaired) electrons. The van der Waals surface area contributed by atoms with Gasteiger partial charge < -0.3 is 15.3 Å². The highest BCUT2D eigenvalue weighted by atomic mass is 16.3. The topological polar surface area (TPSA) is 52.6 Å². The van der Waals surface area contributed by atoms with Crippen LogP contribution < -0.4 is 5.32 Å². The number of rotatable bonds is 6. The summed E-state index contributed by atoms with van der Waals surface area (Å²) in [5.41, 5.74) is -0.0680. The number of likely N-dealkylation sites (tertiary alicyclic amines) is 1. The molecule has 2 N–H and O–H groups in total. The summed E-state index contributed by atoms with van der Waals surface area (Å²) in [5, 5.41) is 12.7. The number of carbonyl (C=O) groups is 1. The number of hydrogen-bond acceptors (Lipinski definition) is 3. The van der Waals surface area contributed by atoms with E-state index in [4.69, 9.17) is 0 Å². The van der Waals surface area contributed by atoms with Crippen molar-refractivity contribution >= 4 is 5.91 Å². The molecule has 1 unspecified atom stereocenters. The standard InChI is InChI=1S/C12H24N2O2/c1-4-12(5-2,9-15)8-13-10-6-7-14(3)11(10)16/h10,13,15H,4-9H2,1-3H3. The first-order valence-electron chi connectivity index (χ1n) is 6.17. The van der Waals surface area contributed by atoms with Crippen molar-refractivity contribution in [3.05, 3.63) is 0 Å². The van der Waals surface area contributed by atoms with Gasteiger partial charge in [0.15, 0.2) is 0 Å². The molecule has 0 bridgehead atoms. The molecule has 1 fully saturated rings. The summed E-state index contributed by atoms with van der Waals surface area (Å²) in [7, 11) is 1.84. The van der Waals surface area contributed by atoms with Crippen molar-refractivity contribution in [2.75, 3.05) is 26.7 Å². The van der Waals surface area contributed by atoms with Gasteiger partial charge in [-0.15, -0.1) is 0 Å². The molecule has 0 aromatic rings. The van der Waals surface area contributed by atoms with Crippen LogP contribution in [-0.2, 0) is 4.79 Å². The van der Waals surface area contributed by atoms with Gasteiger partial charge in [-0.05, 0) is 19.3 Å². The van der Waals surface area contributed by atoms with Crippen LogP contribution in [0.3, 0.4) is 0 Å². The van der Waals surface area contributed by atoms with E-state index in [0.29, 0.717) is 0 Å². The van der Waals surface area contributed by atoms with Crippen LogP contribution in [0.25, 0.3) is 0 Å². The average Bonchev–Trinajstić information content (AvgIpc) is 2.63. The number of nitrogens with zero attached hydrogens (tertiary/aromatic N) is 1. The van der Waals surface area contributed by atoms with Crippen LogP contribution in [0.5, 0.6) is 0 Å². The van der Waals surface area contributed by atoms with Crippen molar-refractivity contribution in [3.63, 3.8) is 0 Å². The minimum absolute atomic E-state index is 0.0472. The van der Waals surface area contributed by atoms with Gasteiger partial charge in [0.2, 0.25) is 5.91 Å². The zero-order valence-corrected chi connectivity index (χ0v) is 10.6. The molecule has 4 heteroatoms. The van der Waals surface area contributed by atoms with Crippen LogP contribution in [0.1, 0.15) is 33.1 Å². The summed E-state index contributed by atoms with van der Waals surface area (Å²) in [6.07, 6.45) is 2.75. The monoisotopic (exact) mass is 228 g/mol. The lowest BCUT2D eigenvalue weighted by Gasteiger charge is -2.30. The van der Waals surface area contributed by atoms with Gasteiger partial charge >= 0.3 is 0 Å². The Labute approximate surface area is 98.0 Å². The predicted octanol–water partition coefficient (Wildman–Crippen LogP) is 0.605. The van der Waals surface area contributed by atoms with Crippen LogP contribution in [0.15, 0.2) is 0 Å². The van der Waals surface area contributed by atoms with Gasteiger partial charge in [0.25, 0.3) is 0 Å². The fraction of sp³-hybridized carbons (Fsp3) is 0.917. The maximum absolute atomic E-state index is 11.7. The largest absolute Gasteiger partial charge is 0.396 e. The Morgan fingerprint density at radius 1 is 1.50 bits per heavy atom. The summed E-state index contributed by atoms with van der Waals surface area (Å²) in [6, 6.07) is -0.0472. The van der Waals surface area contributed by atoms with E-state index >= 15 is 0 Å². The summed E-state index contributed by atoms with van der Waals surface area (Å²) < 4.78 is 0. The molecular weight excluding hydrogens is 204 g/mol. The maximum atomic E-state index is 11.7. The van der Waals surface area contributed by atoms with Crippen LogP contribution in [-0.4, -0.2) is 48.7 Å². The number of hydrogen-bond donors (Lipinski definition) is 2. The lowest BCUT2D eigenvalue weighted by molar-refractivity contribution is -0.128. The fourth-order valence-electron chi connectivity index (χ4n) is 2.13. The van der Waals surface area contributed by atoms with Gasteiger partial charge in [0.1, 0.15) is 0 Å². The third-order valence-electron chi connectivity index (χ3n) is 3.99. The van der Waals surface area contributed by atoms with Crippen molar-refractivity contribution in [2.24, 2.45) is 5.41 Å². The maximum Gasteiger partial charge on any atom is 0.239 e. The van der Waals surface area contributed by atoms with Crippen LogP contribution in [0, 0.1) is 5.41 Å². The zero-order valence-electron chi connectivity index (χ0n) is 10.6. The first-order valence-corrected chi connectivity index (χ1v) is 6.17. The second kappa shape index (κ2) is 5.64. The lowest BCUT2D eigenvalue weighted by atomic mass is 9.83. The van der Waals surface area contributed by atoms with Gasteiger partial charge in [-0.2, -0.15) is 0 Å². The summed E-state index contributed by atoms with van der Waals surface area (Å²) in [5.74, 6) is 0.180. The van der Waals surface area contributed by atoms with Crippen molar-refractivity contribution in [2.45, 2.75) is 39.2 Å². The van der Waals surface area contributed by atoms with E-state index in [1.807, 2.05) is 7.05 Å². The van der Waals surface area contributed by atoms with Gasteiger partial charge in [-0.25, -0.2) is 0 Å². The molecule has 1 aliphatic heterocycles. The molecule has 1 rings (SSSR count). The molecule has 1 atom stereocenters. The molecule has 1 saturated heterocycles. The molecule has 1 aliphatic rings. The van der Waals surface area contributed by atoms with Gasteiger partial charge in [0.05, 0.1) is 6.04 Å². The third kappa shape index (κ3) is 2.74. The molecule has 1 amide bonds. The van der Waals surface area contributed by atoms with Crippen molar-refractivity contribution in [3.8, 4) is 0 Å². The van der Waals surface area contributed by atoms with E-state index in [9.17, 15) is 9.90 Å². The highest BCUT2D eigenvalue weighted by Crippen LogP contribution is 2.25. The third-order valence-corrected chi connectivity index (χ3v) is 3.99. The van der Waals surface area contributed by atoms with E-state index < -0.39 is 0 Å². The number of likely N-dealkylation sites (N-methyl/N-ethyl adjacent to an activating group) is 1. The van der Waals surface area contributed by atoms with Crippen LogP contribution >= 0.6 is 0 Å². The number of aliphatic hydroxyl groups excluding tert-OH is 1. The molecule has 0 aliphatic carbocycles. The minimum atomic E-state index is -0.0680. The normalized spacial score (nSPS) is 21.9. The Morgan fingerprint density at radius 3 is 2.50 bits per heavy atom. The second-order valence-electron chi connectivity index (χ2n) is 4.85. The quantitative estimate of drug-likeness (QED) is 0.700. The number of carbonyl (C=O) groups excluding carboxylic acids is 1. The van der Waals surface area contributed by atoms with E-state index in [-0.39, 0.29) is 24.0 Å². The molecule has 0 saturated carbocycles. The number of amides is 1. The van der Waals surface area contributed by atoms with Crippen molar-refractivity contribution in [1.82, 2.24) is 10.2 Å². The van der Waals surface area contributed by atoms with Crippen LogP contribution in [0.2, 0.25) is 0 Å². The number of aliphatic hydroxyl groups is 1. The Kier molecular flexibility index (Phi) is 4.74. The number of nitrogens with one attached hydrogen (secondary N) is 1. The summed E-state index contributed by atoms with van der Waals surface area (Å²) in [4.78, 5) is 13.4. The Balaban J connectivity index is 2.47. The predicted molar refractivity (Wildman–Crippen MR) is 64.1 cm³/mol. The molecule has 0 aromatic heterocycles. The minimum Gasteiger partial charge on any atom is -0.396 e. The Bertz CT molecular complexity index is 231. The smallest absolute Gasteiger partial charge is 0.239 e. The lowest BCUT2D eigenvalue weighted by Crippen LogP contribution is -2.44. The van der Waals surface area contributed by atoms with E-state index in [0.717, 1.165) is 32.4 Å². The van der Waals surface area contributed by atoms with Gasteiger partial charge in [-0.3, -0.25) is 4.79 Å². The Morgan fingerprint density at radius 2 is 2.12 bits per heavy atom. The van der Waals surface area contributed by atoms with E-state index in [1.165, 1.54) is 0 Å². The highest BCUT2D eigenvalue weighted by molar-refractivity contribution is 5.83. The molecule has 16 heavy (non-hydrogen) atoms. The highest BCUT2D eigenvalue weighted by Gasteiger charge is 2.32. The van der Waals surface area contributed by atoms with Crippen molar-refractivity contribution in [1.29, 1.82) is 0 Å². The molecule has 1 heterocycles. The molecule has 0 spiro atoms. The fourth-order valence-corrected chi connectivity index (χ4v) is 2.13. The average molecular weight is 228 g/mol. The van der Waals surface area contributed by atoms with Gasteiger partial charge in [-0.1, -0.05) is 13.8 Å². The SMILES string of the molecule is CCC(CC)(CO)CNC1CCN(C)C1=O. The van der Waals surface area contributed by atoms with Crippen molar-refractivity contribution < 1.29 is 9.90 Å². The first kappa shape index (κ1) is 13.5. The summed E-state index contributed by atoms with van der Waals surface area (Å²) in [6.45, 7) is 5.92. The van der Waals surface area contributed by atoms with E-state index in [2.05, 4.69) is 19.2 Å². The zero-order chi connectivity index (χ0) is 12.2. The van der Waals surface area contributed by atoms with Gasteiger partial charge in [0, 0.05) is 32.2 Å². The van der Waals surface area contributed by atoms with E-state index in [1.54, 1.807) is 4.90 Å². The first-order chi connectivity index (χ1) is 7.58. The molecule has 4 nitrogen and oxygen atoms in total. The second-order valence-corrected chi connectivity index (χ2v) is 4.85. The molecule has 94 valence electrons. The Hall–Kier alpha value is -0.610. The summed E-state index contributed by atoms with van der Waals surface area (Å²) >= 11 is 0. The molecular formula is C12H24N2O2. The molecule has 0 aromatic carbocycles.